The monoisotopic (exact) mass is 299 g/mol. The van der Waals surface area contributed by atoms with Crippen molar-refractivity contribution in [2.24, 2.45) is 0 Å². The standard InChI is InChI=1S/C14H13N5OS/c1-9-7-11(15)17-14(16-9)21-8-12-18-13(20-19-12)10-5-3-2-4-6-10/h2-7H,8H2,1H3,(H2,15,16,17). The van der Waals surface area contributed by atoms with Crippen LogP contribution in [0.4, 0.5) is 5.82 Å². The highest BCUT2D eigenvalue weighted by atomic mass is 32.2. The lowest BCUT2D eigenvalue weighted by Crippen LogP contribution is -1.97. The molecule has 0 spiro atoms. The van der Waals surface area contributed by atoms with Crippen LogP contribution < -0.4 is 5.73 Å². The fraction of sp³-hybridized carbons (Fsp3) is 0.143. The summed E-state index contributed by atoms with van der Waals surface area (Å²) in [5, 5.41) is 4.57. The van der Waals surface area contributed by atoms with Crippen LogP contribution in [0.2, 0.25) is 0 Å². The Kier molecular flexibility index (Phi) is 3.83. The summed E-state index contributed by atoms with van der Waals surface area (Å²) in [4.78, 5) is 12.8. The molecular formula is C14H13N5OS. The molecule has 0 bridgehead atoms. The van der Waals surface area contributed by atoms with Gasteiger partial charge >= 0.3 is 0 Å². The van der Waals surface area contributed by atoms with Gasteiger partial charge in [-0.1, -0.05) is 35.1 Å². The van der Waals surface area contributed by atoms with Crippen LogP contribution in [0.3, 0.4) is 0 Å². The van der Waals surface area contributed by atoms with Crippen molar-refractivity contribution in [3.63, 3.8) is 0 Å². The first-order chi connectivity index (χ1) is 10.2. The van der Waals surface area contributed by atoms with Crippen molar-refractivity contribution in [2.75, 3.05) is 5.73 Å². The van der Waals surface area contributed by atoms with E-state index < -0.39 is 0 Å². The summed E-state index contributed by atoms with van der Waals surface area (Å²) in [5.41, 5.74) is 7.43. The predicted octanol–water partition coefficient (Wildman–Crippen LogP) is 2.71. The van der Waals surface area contributed by atoms with Gasteiger partial charge in [0.2, 0.25) is 0 Å². The van der Waals surface area contributed by atoms with Crippen LogP contribution in [0.1, 0.15) is 11.5 Å². The highest BCUT2D eigenvalue weighted by Crippen LogP contribution is 2.21. The zero-order valence-corrected chi connectivity index (χ0v) is 12.2. The van der Waals surface area contributed by atoms with Crippen LogP contribution in [-0.4, -0.2) is 20.1 Å². The average Bonchev–Trinajstić information content (AvgIpc) is 2.94. The second-order valence-corrected chi connectivity index (χ2v) is 5.33. The Morgan fingerprint density at radius 2 is 1.95 bits per heavy atom. The summed E-state index contributed by atoms with van der Waals surface area (Å²) in [6.07, 6.45) is 0. The lowest BCUT2D eigenvalue weighted by atomic mass is 10.2. The quantitative estimate of drug-likeness (QED) is 0.585. The number of benzene rings is 1. The molecule has 2 aromatic heterocycles. The van der Waals surface area contributed by atoms with Gasteiger partial charge in [0, 0.05) is 17.3 Å². The van der Waals surface area contributed by atoms with E-state index >= 15 is 0 Å². The topological polar surface area (TPSA) is 90.7 Å². The molecule has 0 unspecified atom stereocenters. The Morgan fingerprint density at radius 3 is 2.71 bits per heavy atom. The number of nitrogens with zero attached hydrogens (tertiary/aromatic N) is 4. The van der Waals surface area contributed by atoms with Crippen LogP contribution in [0.25, 0.3) is 11.5 Å². The maximum Gasteiger partial charge on any atom is 0.257 e. The first kappa shape index (κ1) is 13.6. The van der Waals surface area contributed by atoms with E-state index in [9.17, 15) is 0 Å². The number of nitrogens with two attached hydrogens (primary N) is 1. The summed E-state index contributed by atoms with van der Waals surface area (Å²) in [6.45, 7) is 1.88. The number of thioether (sulfide) groups is 1. The Morgan fingerprint density at radius 1 is 1.14 bits per heavy atom. The molecule has 0 aliphatic heterocycles. The molecule has 0 radical (unpaired) electrons. The molecule has 0 aliphatic carbocycles. The van der Waals surface area contributed by atoms with Crippen molar-refractivity contribution in [3.8, 4) is 11.5 Å². The van der Waals surface area contributed by atoms with E-state index in [1.165, 1.54) is 11.8 Å². The Balaban J connectivity index is 1.70. The molecule has 1 aromatic carbocycles. The first-order valence-corrected chi connectivity index (χ1v) is 7.31. The van der Waals surface area contributed by atoms with Gasteiger partial charge in [0.15, 0.2) is 11.0 Å². The number of aromatic nitrogens is 4. The minimum Gasteiger partial charge on any atom is -0.384 e. The molecule has 7 heteroatoms. The normalized spacial score (nSPS) is 10.7. The number of aryl methyl sites for hydroxylation is 1. The maximum absolute atomic E-state index is 5.69. The third-order valence-corrected chi connectivity index (χ3v) is 3.52. The molecule has 0 aliphatic rings. The van der Waals surface area contributed by atoms with E-state index in [0.29, 0.717) is 28.4 Å². The summed E-state index contributed by atoms with van der Waals surface area (Å²) in [6, 6.07) is 11.4. The van der Waals surface area contributed by atoms with Gasteiger partial charge < -0.3 is 10.3 Å². The zero-order chi connectivity index (χ0) is 14.7. The molecule has 0 saturated heterocycles. The highest BCUT2D eigenvalue weighted by Gasteiger charge is 2.10. The molecule has 0 saturated carbocycles. The molecule has 21 heavy (non-hydrogen) atoms. The van der Waals surface area contributed by atoms with Crippen molar-refractivity contribution < 1.29 is 4.52 Å². The van der Waals surface area contributed by atoms with Crippen LogP contribution in [0.15, 0.2) is 46.1 Å². The number of rotatable bonds is 4. The molecule has 106 valence electrons. The second-order valence-electron chi connectivity index (χ2n) is 4.39. The SMILES string of the molecule is Cc1cc(N)nc(SCc2noc(-c3ccccc3)n2)n1. The minimum atomic E-state index is 0.461. The molecule has 0 fully saturated rings. The average molecular weight is 299 g/mol. The molecule has 6 nitrogen and oxygen atoms in total. The van der Waals surface area contributed by atoms with E-state index in [2.05, 4.69) is 20.1 Å². The summed E-state index contributed by atoms with van der Waals surface area (Å²) in [7, 11) is 0. The maximum atomic E-state index is 5.69. The van der Waals surface area contributed by atoms with E-state index in [1.54, 1.807) is 6.07 Å². The van der Waals surface area contributed by atoms with Crippen molar-refractivity contribution in [1.82, 2.24) is 20.1 Å². The van der Waals surface area contributed by atoms with Gasteiger partial charge in [0.05, 0.1) is 5.75 Å². The van der Waals surface area contributed by atoms with Gasteiger partial charge in [-0.2, -0.15) is 4.98 Å². The largest absolute Gasteiger partial charge is 0.384 e. The summed E-state index contributed by atoms with van der Waals surface area (Å²) in [5.74, 6) is 2.10. The molecule has 0 amide bonds. The minimum absolute atomic E-state index is 0.461. The third-order valence-electron chi connectivity index (χ3n) is 2.67. The molecular weight excluding hydrogens is 286 g/mol. The Labute approximate surface area is 125 Å². The second kappa shape index (κ2) is 5.92. The van der Waals surface area contributed by atoms with Gasteiger partial charge in [0.1, 0.15) is 5.82 Å². The van der Waals surface area contributed by atoms with Crippen LogP contribution in [0, 0.1) is 6.92 Å². The lowest BCUT2D eigenvalue weighted by Gasteiger charge is -2.00. The van der Waals surface area contributed by atoms with Crippen molar-refractivity contribution in [1.29, 1.82) is 0 Å². The zero-order valence-electron chi connectivity index (χ0n) is 11.4. The summed E-state index contributed by atoms with van der Waals surface area (Å²) < 4.78 is 5.25. The number of anilines is 1. The van der Waals surface area contributed by atoms with Gasteiger partial charge in [-0.05, 0) is 19.1 Å². The van der Waals surface area contributed by atoms with Crippen molar-refractivity contribution >= 4 is 17.6 Å². The Bertz CT molecular complexity index is 724. The fourth-order valence-electron chi connectivity index (χ4n) is 1.77. The van der Waals surface area contributed by atoms with Crippen LogP contribution >= 0.6 is 11.8 Å². The smallest absolute Gasteiger partial charge is 0.257 e. The van der Waals surface area contributed by atoms with E-state index in [-0.39, 0.29) is 0 Å². The highest BCUT2D eigenvalue weighted by molar-refractivity contribution is 7.98. The van der Waals surface area contributed by atoms with Gasteiger partial charge in [-0.25, -0.2) is 9.97 Å². The van der Waals surface area contributed by atoms with Crippen molar-refractivity contribution in [2.45, 2.75) is 17.8 Å². The molecule has 0 atom stereocenters. The first-order valence-electron chi connectivity index (χ1n) is 6.33. The number of nitrogen functional groups attached to an aromatic ring is 1. The molecule has 2 heterocycles. The van der Waals surface area contributed by atoms with E-state index in [0.717, 1.165) is 11.3 Å². The molecule has 3 aromatic rings. The van der Waals surface area contributed by atoms with Crippen LogP contribution in [-0.2, 0) is 5.75 Å². The fourth-order valence-corrected chi connectivity index (χ4v) is 2.52. The van der Waals surface area contributed by atoms with Crippen molar-refractivity contribution in [3.05, 3.63) is 47.9 Å². The van der Waals surface area contributed by atoms with Gasteiger partial charge in [0.25, 0.3) is 5.89 Å². The Hall–Kier alpha value is -2.41. The van der Waals surface area contributed by atoms with E-state index in [1.807, 2.05) is 37.3 Å². The summed E-state index contributed by atoms with van der Waals surface area (Å²) >= 11 is 1.42. The molecule has 3 rings (SSSR count). The molecule has 2 N–H and O–H groups in total. The lowest BCUT2D eigenvalue weighted by molar-refractivity contribution is 0.425. The third kappa shape index (κ3) is 3.38. The van der Waals surface area contributed by atoms with Gasteiger partial charge in [-0.3, -0.25) is 0 Å². The predicted molar refractivity (Wildman–Crippen MR) is 80.5 cm³/mol. The number of hydrogen-bond donors (Lipinski definition) is 1. The van der Waals surface area contributed by atoms with E-state index in [4.69, 9.17) is 10.3 Å². The van der Waals surface area contributed by atoms with Gasteiger partial charge in [-0.15, -0.1) is 0 Å². The number of hydrogen-bond acceptors (Lipinski definition) is 7. The van der Waals surface area contributed by atoms with Crippen LogP contribution in [0.5, 0.6) is 0 Å².